The van der Waals surface area contributed by atoms with Crippen molar-refractivity contribution in [3.8, 4) is 0 Å². The molecule has 2 aliphatic rings. The normalized spacial score (nSPS) is 27.2. The Kier molecular flexibility index (Phi) is 6.45. The smallest absolute Gasteiger partial charge is 0.223 e. The van der Waals surface area contributed by atoms with E-state index in [0.29, 0.717) is 11.5 Å². The molecule has 26 heavy (non-hydrogen) atoms. The average Bonchev–Trinajstić information content (AvgIpc) is 3.29. The van der Waals surface area contributed by atoms with Crippen LogP contribution in [0, 0.1) is 17.3 Å². The lowest BCUT2D eigenvalue weighted by Gasteiger charge is -2.37. The number of thiophene rings is 1. The van der Waals surface area contributed by atoms with Gasteiger partial charge in [-0.05, 0) is 81.3 Å². The fraction of sp³-hybridized carbons (Fsp3) is 0.773. The van der Waals surface area contributed by atoms with Gasteiger partial charge in [-0.1, -0.05) is 26.8 Å². The summed E-state index contributed by atoms with van der Waals surface area (Å²) in [7, 11) is 0. The molecule has 146 valence electrons. The van der Waals surface area contributed by atoms with Crippen LogP contribution < -0.4 is 5.32 Å². The first-order valence-corrected chi connectivity index (χ1v) is 11.3. The van der Waals surface area contributed by atoms with Crippen LogP contribution in [0.3, 0.4) is 0 Å². The van der Waals surface area contributed by atoms with E-state index in [1.165, 1.54) is 30.6 Å². The lowest BCUT2D eigenvalue weighted by molar-refractivity contribution is -0.127. The highest BCUT2D eigenvalue weighted by molar-refractivity contribution is 7.10. The third-order valence-electron chi connectivity index (χ3n) is 6.53. The van der Waals surface area contributed by atoms with Crippen LogP contribution in [-0.2, 0) is 4.79 Å². The second-order valence-electron chi connectivity index (χ2n) is 9.42. The monoisotopic (exact) mass is 376 g/mol. The molecule has 2 fully saturated rings. The lowest BCUT2D eigenvalue weighted by Crippen LogP contribution is -2.46. The Morgan fingerprint density at radius 2 is 1.85 bits per heavy atom. The number of likely N-dealkylation sites (tertiary alicyclic amines) is 1. The number of hydrogen-bond donors (Lipinski definition) is 1. The average molecular weight is 377 g/mol. The fourth-order valence-corrected chi connectivity index (χ4v) is 5.83. The number of hydrogen-bond acceptors (Lipinski definition) is 3. The molecular weight excluding hydrogens is 340 g/mol. The molecule has 0 aromatic carbocycles. The van der Waals surface area contributed by atoms with E-state index in [1.54, 1.807) is 0 Å². The Labute approximate surface area is 163 Å². The van der Waals surface area contributed by atoms with E-state index >= 15 is 0 Å². The summed E-state index contributed by atoms with van der Waals surface area (Å²) in [4.78, 5) is 16.9. The maximum absolute atomic E-state index is 12.9. The van der Waals surface area contributed by atoms with Crippen LogP contribution in [0.25, 0.3) is 0 Å². The third-order valence-corrected chi connectivity index (χ3v) is 7.48. The van der Waals surface area contributed by atoms with Crippen molar-refractivity contribution >= 4 is 17.2 Å². The minimum Gasteiger partial charge on any atom is -0.351 e. The highest BCUT2D eigenvalue weighted by atomic mass is 32.1. The van der Waals surface area contributed by atoms with Gasteiger partial charge < -0.3 is 5.32 Å². The van der Waals surface area contributed by atoms with E-state index < -0.39 is 0 Å². The maximum Gasteiger partial charge on any atom is 0.223 e. The molecule has 3 rings (SSSR count). The van der Waals surface area contributed by atoms with Crippen LogP contribution in [0.1, 0.15) is 77.1 Å². The molecule has 2 atom stereocenters. The van der Waals surface area contributed by atoms with Crippen molar-refractivity contribution in [2.45, 2.75) is 78.3 Å². The zero-order valence-electron chi connectivity index (χ0n) is 17.0. The topological polar surface area (TPSA) is 32.3 Å². The zero-order valence-corrected chi connectivity index (χ0v) is 17.8. The Balaban J connectivity index is 1.59. The van der Waals surface area contributed by atoms with Crippen molar-refractivity contribution < 1.29 is 4.79 Å². The van der Waals surface area contributed by atoms with Crippen LogP contribution in [0.4, 0.5) is 0 Å². The van der Waals surface area contributed by atoms with Crippen molar-refractivity contribution in [1.82, 2.24) is 10.2 Å². The highest BCUT2D eigenvalue weighted by Gasteiger charge is 2.35. The van der Waals surface area contributed by atoms with Crippen LogP contribution in [0.5, 0.6) is 0 Å². The van der Waals surface area contributed by atoms with Gasteiger partial charge in [0.05, 0.1) is 6.04 Å². The number of nitrogens with one attached hydrogen (secondary N) is 1. The molecule has 4 heteroatoms. The van der Waals surface area contributed by atoms with Gasteiger partial charge in [0.15, 0.2) is 0 Å². The lowest BCUT2D eigenvalue weighted by atomic mass is 9.69. The molecule has 3 nitrogen and oxygen atoms in total. The summed E-state index contributed by atoms with van der Waals surface area (Å²) in [6.45, 7) is 11.5. The van der Waals surface area contributed by atoms with E-state index in [1.807, 2.05) is 11.3 Å². The van der Waals surface area contributed by atoms with Crippen LogP contribution in [-0.4, -0.2) is 29.9 Å². The minimum absolute atomic E-state index is 0.166. The molecule has 0 spiro atoms. The summed E-state index contributed by atoms with van der Waals surface area (Å²) >= 11 is 1.82. The molecule has 1 N–H and O–H groups in total. The molecule has 1 aliphatic heterocycles. The SMILES string of the molecule is CC(NC(=O)C1CCC(C(C)(C)C)CC1)C(c1cccs1)N1CCCC1. The van der Waals surface area contributed by atoms with E-state index in [4.69, 9.17) is 0 Å². The van der Waals surface area contributed by atoms with Gasteiger partial charge in [0.1, 0.15) is 0 Å². The molecule has 0 bridgehead atoms. The Morgan fingerprint density at radius 3 is 2.38 bits per heavy atom. The van der Waals surface area contributed by atoms with Crippen LogP contribution >= 0.6 is 11.3 Å². The molecule has 2 unspecified atom stereocenters. The second kappa shape index (κ2) is 8.43. The molecule has 0 radical (unpaired) electrons. The van der Waals surface area contributed by atoms with Crippen LogP contribution in [0.15, 0.2) is 17.5 Å². The summed E-state index contributed by atoms with van der Waals surface area (Å²) in [5, 5.41) is 5.55. The first-order chi connectivity index (χ1) is 12.4. The predicted molar refractivity (Wildman–Crippen MR) is 110 cm³/mol. The number of carbonyl (C=O) groups excluding carboxylic acids is 1. The number of carbonyl (C=O) groups is 1. The van der Waals surface area contributed by atoms with Gasteiger partial charge in [-0.2, -0.15) is 0 Å². The summed E-state index contributed by atoms with van der Waals surface area (Å²) < 4.78 is 0. The van der Waals surface area contributed by atoms with Crippen molar-refractivity contribution in [2.24, 2.45) is 17.3 Å². The van der Waals surface area contributed by atoms with Gasteiger partial charge in [-0.15, -0.1) is 11.3 Å². The molecule has 1 aromatic rings. The first-order valence-electron chi connectivity index (χ1n) is 10.4. The van der Waals surface area contributed by atoms with Crippen molar-refractivity contribution in [2.75, 3.05) is 13.1 Å². The molecule has 1 amide bonds. The number of rotatable bonds is 5. The number of amides is 1. The largest absolute Gasteiger partial charge is 0.351 e. The fourth-order valence-electron chi connectivity index (χ4n) is 4.86. The standard InChI is InChI=1S/C22H36N2OS/c1-16(20(19-8-7-15-26-19)24-13-5-6-14-24)23-21(25)17-9-11-18(12-10-17)22(2,3)4/h7-8,15-18,20H,5-6,9-14H2,1-4H3,(H,23,25). The summed E-state index contributed by atoms with van der Waals surface area (Å²) in [5.41, 5.74) is 0.370. The zero-order chi connectivity index (χ0) is 18.7. The summed E-state index contributed by atoms with van der Waals surface area (Å²) in [6, 6.07) is 4.85. The van der Waals surface area contributed by atoms with Crippen LogP contribution in [0.2, 0.25) is 0 Å². The Morgan fingerprint density at radius 1 is 1.19 bits per heavy atom. The molecule has 1 aromatic heterocycles. The van der Waals surface area contributed by atoms with Gasteiger partial charge >= 0.3 is 0 Å². The Hall–Kier alpha value is -0.870. The Bertz CT molecular complexity index is 563. The highest BCUT2D eigenvalue weighted by Crippen LogP contribution is 2.40. The molecule has 2 heterocycles. The van der Waals surface area contributed by atoms with Gasteiger partial charge in [0.25, 0.3) is 0 Å². The quantitative estimate of drug-likeness (QED) is 0.762. The number of nitrogens with zero attached hydrogens (tertiary/aromatic N) is 1. The maximum atomic E-state index is 12.9. The summed E-state index contributed by atoms with van der Waals surface area (Å²) in [6.07, 6.45) is 7.04. The molecule has 1 aliphatic carbocycles. The van der Waals surface area contributed by atoms with Crippen molar-refractivity contribution in [1.29, 1.82) is 0 Å². The van der Waals surface area contributed by atoms with E-state index in [0.717, 1.165) is 31.8 Å². The van der Waals surface area contributed by atoms with E-state index in [-0.39, 0.29) is 17.9 Å². The third kappa shape index (κ3) is 4.69. The molecule has 1 saturated carbocycles. The van der Waals surface area contributed by atoms with Crippen molar-refractivity contribution in [3.63, 3.8) is 0 Å². The van der Waals surface area contributed by atoms with Gasteiger partial charge in [-0.25, -0.2) is 0 Å². The minimum atomic E-state index is 0.166. The van der Waals surface area contributed by atoms with Gasteiger partial charge in [0.2, 0.25) is 5.91 Å². The van der Waals surface area contributed by atoms with Gasteiger partial charge in [0, 0.05) is 16.8 Å². The second-order valence-corrected chi connectivity index (χ2v) is 10.4. The molecule has 1 saturated heterocycles. The van der Waals surface area contributed by atoms with E-state index in [2.05, 4.69) is 55.4 Å². The van der Waals surface area contributed by atoms with Gasteiger partial charge in [-0.3, -0.25) is 9.69 Å². The predicted octanol–water partition coefficient (Wildman–Crippen LogP) is 5.24. The van der Waals surface area contributed by atoms with E-state index in [9.17, 15) is 4.79 Å². The first kappa shape index (κ1) is 19.9. The summed E-state index contributed by atoms with van der Waals surface area (Å²) in [5.74, 6) is 1.25. The molecular formula is C22H36N2OS. The van der Waals surface area contributed by atoms with Crippen molar-refractivity contribution in [3.05, 3.63) is 22.4 Å².